The Morgan fingerprint density at radius 2 is 1.62 bits per heavy atom. The summed E-state index contributed by atoms with van der Waals surface area (Å²) >= 11 is 12.6. The SMILES string of the molecule is CC1(C(=O)O)CCN(Cc2ccc(C3CN(c4c(Cl)cccc4Cl)C3)cc2)CC1.O=CO. The van der Waals surface area contributed by atoms with Crippen LogP contribution in [0, 0.1) is 5.41 Å². The summed E-state index contributed by atoms with van der Waals surface area (Å²) in [6.07, 6.45) is 1.42. The van der Waals surface area contributed by atoms with Crippen molar-refractivity contribution >= 4 is 41.3 Å². The average molecular weight is 479 g/mol. The van der Waals surface area contributed by atoms with Crippen LogP contribution in [0.2, 0.25) is 10.0 Å². The predicted molar refractivity (Wildman–Crippen MR) is 127 cm³/mol. The molecule has 0 unspecified atom stereocenters. The number of halogens is 2. The molecule has 0 spiro atoms. The van der Waals surface area contributed by atoms with Gasteiger partial charge in [0.05, 0.1) is 21.1 Å². The predicted octanol–water partition coefficient (Wildman–Crippen LogP) is 4.98. The Bertz CT molecular complexity index is 917. The molecule has 0 atom stereocenters. The van der Waals surface area contributed by atoms with Crippen LogP contribution in [-0.4, -0.2) is 53.7 Å². The van der Waals surface area contributed by atoms with Gasteiger partial charge >= 0.3 is 5.97 Å². The maximum atomic E-state index is 11.4. The molecule has 2 fully saturated rings. The molecule has 2 aliphatic rings. The Morgan fingerprint density at radius 1 is 1.09 bits per heavy atom. The van der Waals surface area contributed by atoms with E-state index in [9.17, 15) is 9.90 Å². The van der Waals surface area contributed by atoms with Crippen molar-refractivity contribution in [3.05, 3.63) is 63.6 Å². The highest BCUT2D eigenvalue weighted by molar-refractivity contribution is 6.39. The molecular formula is C24H28Cl2N2O4. The first kappa shape index (κ1) is 24.4. The molecule has 0 aliphatic carbocycles. The van der Waals surface area contributed by atoms with Crippen molar-refractivity contribution < 1.29 is 19.8 Å². The summed E-state index contributed by atoms with van der Waals surface area (Å²) in [5.74, 6) is -0.184. The molecule has 0 amide bonds. The standard InChI is InChI=1S/C23H26Cl2N2O2.CH2O2/c1-23(22(28)29)9-11-26(12-10-23)13-16-5-7-17(8-6-16)18-14-27(15-18)21-19(24)3-2-4-20(21)25;2-1-3/h2-8,18H,9-15H2,1H3,(H,28,29);1H,(H,2,3). The van der Waals surface area contributed by atoms with Gasteiger partial charge in [-0.15, -0.1) is 0 Å². The maximum Gasteiger partial charge on any atom is 0.309 e. The number of hydrogen-bond donors (Lipinski definition) is 2. The van der Waals surface area contributed by atoms with Gasteiger partial charge in [0.15, 0.2) is 0 Å². The molecule has 2 aromatic carbocycles. The second-order valence-corrected chi connectivity index (χ2v) is 9.48. The Labute approximate surface area is 198 Å². The molecule has 0 bridgehead atoms. The minimum absolute atomic E-state index is 0.250. The van der Waals surface area contributed by atoms with E-state index in [2.05, 4.69) is 34.1 Å². The highest BCUT2D eigenvalue weighted by atomic mass is 35.5. The number of benzene rings is 2. The summed E-state index contributed by atoms with van der Waals surface area (Å²) in [7, 11) is 0. The minimum atomic E-state index is -0.672. The Kier molecular flexibility index (Phi) is 8.04. The number of piperidine rings is 1. The van der Waals surface area contributed by atoms with E-state index in [1.54, 1.807) is 0 Å². The zero-order chi connectivity index (χ0) is 23.3. The van der Waals surface area contributed by atoms with E-state index in [0.29, 0.717) is 28.8 Å². The monoisotopic (exact) mass is 478 g/mol. The van der Waals surface area contributed by atoms with Gasteiger partial charge in [-0.25, -0.2) is 0 Å². The van der Waals surface area contributed by atoms with Crippen LogP contribution < -0.4 is 4.90 Å². The zero-order valence-electron chi connectivity index (χ0n) is 18.0. The van der Waals surface area contributed by atoms with Gasteiger partial charge in [-0.2, -0.15) is 0 Å². The number of aliphatic carboxylic acids is 1. The van der Waals surface area contributed by atoms with Gasteiger partial charge in [-0.05, 0) is 56.1 Å². The normalized spacial score (nSPS) is 18.3. The third-order valence-electron chi connectivity index (χ3n) is 6.47. The van der Waals surface area contributed by atoms with Gasteiger partial charge < -0.3 is 15.1 Å². The quantitative estimate of drug-likeness (QED) is 0.589. The van der Waals surface area contributed by atoms with Crippen molar-refractivity contribution in [2.75, 3.05) is 31.1 Å². The Hall–Kier alpha value is -2.28. The molecule has 32 heavy (non-hydrogen) atoms. The summed E-state index contributed by atoms with van der Waals surface area (Å²) in [6.45, 7) is 5.99. The topological polar surface area (TPSA) is 81.1 Å². The van der Waals surface area contributed by atoms with Crippen molar-refractivity contribution in [3.63, 3.8) is 0 Å². The molecule has 0 aromatic heterocycles. The highest BCUT2D eigenvalue weighted by Crippen LogP contribution is 2.40. The number of rotatable bonds is 5. The molecule has 2 heterocycles. The van der Waals surface area contributed by atoms with E-state index in [1.807, 2.05) is 25.1 Å². The number of nitrogens with zero attached hydrogens (tertiary/aromatic N) is 2. The second-order valence-electron chi connectivity index (χ2n) is 8.66. The molecule has 4 rings (SSSR count). The van der Waals surface area contributed by atoms with Gasteiger partial charge in [-0.1, -0.05) is 53.5 Å². The summed E-state index contributed by atoms with van der Waals surface area (Å²) in [5.41, 5.74) is 2.98. The first-order valence-corrected chi connectivity index (χ1v) is 11.3. The summed E-state index contributed by atoms with van der Waals surface area (Å²) in [6, 6.07) is 14.5. The first-order valence-electron chi connectivity index (χ1n) is 10.6. The van der Waals surface area contributed by atoms with Crippen LogP contribution in [0.5, 0.6) is 0 Å². The molecule has 0 radical (unpaired) electrons. The van der Waals surface area contributed by atoms with E-state index in [4.69, 9.17) is 33.1 Å². The van der Waals surface area contributed by atoms with Crippen LogP contribution in [0.4, 0.5) is 5.69 Å². The van der Waals surface area contributed by atoms with Crippen LogP contribution in [-0.2, 0) is 16.1 Å². The lowest BCUT2D eigenvalue weighted by molar-refractivity contribution is -0.150. The highest BCUT2D eigenvalue weighted by Gasteiger charge is 2.36. The Morgan fingerprint density at radius 3 is 2.12 bits per heavy atom. The number of anilines is 1. The van der Waals surface area contributed by atoms with Crippen molar-refractivity contribution in [2.24, 2.45) is 5.41 Å². The van der Waals surface area contributed by atoms with E-state index < -0.39 is 11.4 Å². The molecule has 172 valence electrons. The lowest BCUT2D eigenvalue weighted by Gasteiger charge is -2.42. The van der Waals surface area contributed by atoms with Crippen LogP contribution in [0.1, 0.15) is 36.8 Å². The molecule has 6 nitrogen and oxygen atoms in total. The molecule has 2 aromatic rings. The second kappa shape index (κ2) is 10.6. The van der Waals surface area contributed by atoms with Gasteiger partial charge in [0.2, 0.25) is 0 Å². The third-order valence-corrected chi connectivity index (χ3v) is 7.08. The smallest absolute Gasteiger partial charge is 0.309 e. The van der Waals surface area contributed by atoms with Crippen molar-refractivity contribution in [2.45, 2.75) is 32.2 Å². The number of hydrogen-bond acceptors (Lipinski definition) is 4. The summed E-state index contributed by atoms with van der Waals surface area (Å²) in [4.78, 5) is 24.3. The molecule has 2 N–H and O–H groups in total. The molecule has 0 saturated carbocycles. The molecule has 2 saturated heterocycles. The van der Waals surface area contributed by atoms with Crippen LogP contribution in [0.25, 0.3) is 0 Å². The van der Waals surface area contributed by atoms with Crippen molar-refractivity contribution in [3.8, 4) is 0 Å². The lowest BCUT2D eigenvalue weighted by atomic mass is 9.80. The average Bonchev–Trinajstić information content (AvgIpc) is 2.72. The first-order chi connectivity index (χ1) is 15.3. The van der Waals surface area contributed by atoms with E-state index in [1.165, 1.54) is 11.1 Å². The third kappa shape index (κ3) is 5.55. The maximum absolute atomic E-state index is 11.4. The molecule has 8 heteroatoms. The summed E-state index contributed by atoms with van der Waals surface area (Å²) < 4.78 is 0. The van der Waals surface area contributed by atoms with Crippen LogP contribution in [0.3, 0.4) is 0 Å². The van der Waals surface area contributed by atoms with Gasteiger partial charge in [0, 0.05) is 25.6 Å². The largest absolute Gasteiger partial charge is 0.483 e. The number of carboxylic acid groups (broad SMARTS) is 2. The van der Waals surface area contributed by atoms with Crippen LogP contribution >= 0.6 is 23.2 Å². The van der Waals surface area contributed by atoms with Crippen molar-refractivity contribution in [1.29, 1.82) is 0 Å². The van der Waals surface area contributed by atoms with E-state index in [-0.39, 0.29) is 6.47 Å². The number of para-hydroxylation sites is 1. The van der Waals surface area contributed by atoms with E-state index in [0.717, 1.165) is 38.4 Å². The number of carboxylic acids is 1. The number of likely N-dealkylation sites (tertiary alicyclic amines) is 1. The minimum Gasteiger partial charge on any atom is -0.483 e. The van der Waals surface area contributed by atoms with Gasteiger partial charge in [0.25, 0.3) is 6.47 Å². The van der Waals surface area contributed by atoms with Gasteiger partial charge in [-0.3, -0.25) is 14.5 Å². The zero-order valence-corrected chi connectivity index (χ0v) is 19.5. The summed E-state index contributed by atoms with van der Waals surface area (Å²) in [5, 5.41) is 17.7. The fraction of sp³-hybridized carbons (Fsp3) is 0.417. The fourth-order valence-corrected chi connectivity index (χ4v) is 4.87. The molecule has 2 aliphatic heterocycles. The van der Waals surface area contributed by atoms with Crippen molar-refractivity contribution in [1.82, 2.24) is 4.90 Å². The van der Waals surface area contributed by atoms with E-state index >= 15 is 0 Å². The molecular weight excluding hydrogens is 451 g/mol. The Balaban J connectivity index is 0.000000913. The lowest BCUT2D eigenvalue weighted by Crippen LogP contribution is -2.45. The van der Waals surface area contributed by atoms with Crippen LogP contribution in [0.15, 0.2) is 42.5 Å². The fourth-order valence-electron chi connectivity index (χ4n) is 4.24. The number of carbonyl (C=O) groups is 2. The van der Waals surface area contributed by atoms with Gasteiger partial charge in [0.1, 0.15) is 0 Å².